The van der Waals surface area contributed by atoms with Crippen molar-refractivity contribution in [2.75, 3.05) is 13.1 Å². The summed E-state index contributed by atoms with van der Waals surface area (Å²) in [6, 6.07) is 8.68. The van der Waals surface area contributed by atoms with E-state index in [9.17, 15) is 30.4 Å². The van der Waals surface area contributed by atoms with E-state index >= 15 is 0 Å². The molecule has 1 aliphatic heterocycles. The van der Waals surface area contributed by atoms with Gasteiger partial charge in [-0.1, -0.05) is 23.7 Å². The van der Waals surface area contributed by atoms with Crippen molar-refractivity contribution in [1.82, 2.24) is 4.90 Å². The molecule has 0 saturated carbocycles. The molecule has 0 aliphatic carbocycles. The fraction of sp³-hybridized carbons (Fsp3) is 0.458. The van der Waals surface area contributed by atoms with E-state index in [0.29, 0.717) is 6.92 Å². The number of likely N-dealkylation sites (tertiary alicyclic amines) is 1. The molecule has 0 N–H and O–H groups in total. The highest BCUT2D eigenvalue weighted by atomic mass is 35.5. The van der Waals surface area contributed by atoms with Crippen LogP contribution in [0.2, 0.25) is 5.02 Å². The summed E-state index contributed by atoms with van der Waals surface area (Å²) >= 11 is 6.22. The number of hydrogen-bond donors (Lipinski definition) is 0. The number of halogens is 3. The minimum absolute atomic E-state index is 0.00985. The van der Waals surface area contributed by atoms with Gasteiger partial charge in [0.1, 0.15) is 0 Å². The Bertz CT molecular complexity index is 1360. The maximum absolute atomic E-state index is 13.7. The second-order valence-electron chi connectivity index (χ2n) is 9.67. The summed E-state index contributed by atoms with van der Waals surface area (Å²) < 4.78 is 77.5. The molecule has 3 rings (SSSR count). The van der Waals surface area contributed by atoms with Crippen LogP contribution in [0.25, 0.3) is 0 Å². The van der Waals surface area contributed by atoms with Crippen molar-refractivity contribution in [2.24, 2.45) is 5.92 Å². The Hall–Kier alpha value is -2.04. The van der Waals surface area contributed by atoms with Gasteiger partial charge in [0, 0.05) is 31.5 Å². The number of carbonyl (C=O) groups excluding carboxylic acids is 1. The highest BCUT2D eigenvalue weighted by Crippen LogP contribution is 2.39. The predicted octanol–water partition coefficient (Wildman–Crippen LogP) is 4.96. The van der Waals surface area contributed by atoms with E-state index in [2.05, 4.69) is 0 Å². The Morgan fingerprint density at radius 1 is 1.00 bits per heavy atom. The molecule has 0 radical (unpaired) electrons. The molecule has 6 nitrogen and oxygen atoms in total. The average Bonchev–Trinajstić information content (AvgIpc) is 2.71. The molecule has 0 unspecified atom stereocenters. The minimum Gasteiger partial charge on any atom is -0.338 e. The fourth-order valence-corrected chi connectivity index (χ4v) is 6.98. The summed E-state index contributed by atoms with van der Waals surface area (Å²) in [5.41, 5.74) is -0.274. The third kappa shape index (κ3) is 4.97. The maximum atomic E-state index is 13.7. The summed E-state index contributed by atoms with van der Waals surface area (Å²) in [4.78, 5) is 14.2. The van der Waals surface area contributed by atoms with Gasteiger partial charge in [0.05, 0.1) is 30.4 Å². The first kappa shape index (κ1) is 27.5. The fourth-order valence-electron chi connectivity index (χ4n) is 3.83. The zero-order valence-electron chi connectivity index (χ0n) is 20.0. The molecule has 35 heavy (non-hydrogen) atoms. The van der Waals surface area contributed by atoms with Crippen molar-refractivity contribution in [3.63, 3.8) is 0 Å². The topological polar surface area (TPSA) is 88.6 Å². The number of amides is 1. The molecule has 0 spiro atoms. The highest BCUT2D eigenvalue weighted by molar-refractivity contribution is 7.93. The Morgan fingerprint density at radius 2 is 1.60 bits per heavy atom. The summed E-state index contributed by atoms with van der Waals surface area (Å²) in [6.07, 6.45) is 0. The number of carbonyl (C=O) groups is 1. The lowest BCUT2D eigenvalue weighted by Crippen LogP contribution is -2.59. The first-order valence-electron chi connectivity index (χ1n) is 11.0. The van der Waals surface area contributed by atoms with Gasteiger partial charge in [0.2, 0.25) is 0 Å². The van der Waals surface area contributed by atoms with Crippen LogP contribution in [-0.4, -0.2) is 50.7 Å². The molecule has 0 bridgehead atoms. The van der Waals surface area contributed by atoms with E-state index in [0.717, 1.165) is 6.07 Å². The number of rotatable bonds is 7. The normalized spacial score (nSPS) is 15.9. The van der Waals surface area contributed by atoms with E-state index in [-0.39, 0.29) is 33.5 Å². The molecule has 0 aromatic heterocycles. The second kappa shape index (κ2) is 9.12. The lowest BCUT2D eigenvalue weighted by atomic mass is 9.87. The van der Waals surface area contributed by atoms with Gasteiger partial charge >= 0.3 is 0 Å². The van der Waals surface area contributed by atoms with Crippen LogP contribution in [0.4, 0.5) is 8.78 Å². The average molecular weight is 548 g/mol. The Balaban J connectivity index is 1.79. The molecule has 0 atom stereocenters. The largest absolute Gasteiger partial charge is 0.338 e. The third-order valence-electron chi connectivity index (χ3n) is 6.62. The van der Waals surface area contributed by atoms with E-state index in [1.807, 2.05) is 0 Å². The Labute approximate surface area is 210 Å². The van der Waals surface area contributed by atoms with Crippen LogP contribution in [0.1, 0.15) is 50.5 Å². The molecule has 1 amide bonds. The van der Waals surface area contributed by atoms with Gasteiger partial charge in [-0.05, 0) is 58.0 Å². The maximum Gasteiger partial charge on any atom is 0.270 e. The SMILES string of the molecule is CC(C)S(=O)(=O)c1ccc(C(=O)N2CC(C(C)(C)S(=O)(=O)c3cccc(C(C)(F)F)c3)C2)c(Cl)c1. The Kier molecular flexibility index (Phi) is 7.18. The number of benzene rings is 2. The van der Waals surface area contributed by atoms with E-state index in [1.54, 1.807) is 13.8 Å². The van der Waals surface area contributed by atoms with Gasteiger partial charge in [-0.3, -0.25) is 4.79 Å². The van der Waals surface area contributed by atoms with E-state index < -0.39 is 53.0 Å². The van der Waals surface area contributed by atoms with E-state index in [1.165, 1.54) is 55.1 Å². The van der Waals surface area contributed by atoms with Gasteiger partial charge < -0.3 is 4.90 Å². The first-order chi connectivity index (χ1) is 15.9. The van der Waals surface area contributed by atoms with Crippen LogP contribution in [0.3, 0.4) is 0 Å². The van der Waals surface area contributed by atoms with Gasteiger partial charge in [-0.2, -0.15) is 0 Å². The summed E-state index contributed by atoms with van der Waals surface area (Å²) in [7, 11) is -7.56. The van der Waals surface area contributed by atoms with Gasteiger partial charge in [-0.25, -0.2) is 25.6 Å². The summed E-state index contributed by atoms with van der Waals surface area (Å²) in [6.45, 7) is 7.07. The molecule has 2 aromatic carbocycles. The molecule has 2 aromatic rings. The van der Waals surface area contributed by atoms with Crippen molar-refractivity contribution in [3.05, 3.63) is 58.6 Å². The van der Waals surface area contributed by atoms with Crippen molar-refractivity contribution >= 4 is 37.2 Å². The van der Waals surface area contributed by atoms with Crippen LogP contribution >= 0.6 is 11.6 Å². The Morgan fingerprint density at radius 3 is 2.11 bits per heavy atom. The van der Waals surface area contributed by atoms with Gasteiger partial charge in [-0.15, -0.1) is 0 Å². The number of alkyl halides is 2. The molecule has 1 aliphatic rings. The predicted molar refractivity (Wildman–Crippen MR) is 130 cm³/mol. The van der Waals surface area contributed by atoms with Crippen molar-refractivity contribution in [1.29, 1.82) is 0 Å². The number of nitrogens with zero attached hydrogens (tertiary/aromatic N) is 1. The second-order valence-corrected chi connectivity index (χ2v) is 15.1. The molecule has 192 valence electrons. The van der Waals surface area contributed by atoms with Crippen LogP contribution in [-0.2, 0) is 25.6 Å². The molecule has 1 fully saturated rings. The zero-order chi connectivity index (χ0) is 26.6. The van der Waals surface area contributed by atoms with Crippen LogP contribution < -0.4 is 0 Å². The van der Waals surface area contributed by atoms with Gasteiger partial charge in [0.15, 0.2) is 19.7 Å². The van der Waals surface area contributed by atoms with E-state index in [4.69, 9.17) is 11.6 Å². The van der Waals surface area contributed by atoms with Crippen LogP contribution in [0.15, 0.2) is 52.3 Å². The minimum atomic E-state index is -4.00. The monoisotopic (exact) mass is 547 g/mol. The standard InChI is InChI=1S/C24H28ClF2NO5S2/c1-15(2)34(30,31)18-9-10-20(21(25)12-18)22(29)28-13-17(14-28)23(3,4)35(32,33)19-8-6-7-16(11-19)24(5,26)27/h6-12,15,17H,13-14H2,1-5H3. The smallest absolute Gasteiger partial charge is 0.270 e. The van der Waals surface area contributed by atoms with Crippen molar-refractivity contribution < 1.29 is 30.4 Å². The highest BCUT2D eigenvalue weighted by Gasteiger charge is 2.49. The lowest BCUT2D eigenvalue weighted by Gasteiger charge is -2.47. The summed E-state index contributed by atoms with van der Waals surface area (Å²) in [5, 5.41) is -0.658. The molecule has 1 saturated heterocycles. The van der Waals surface area contributed by atoms with Crippen molar-refractivity contribution in [2.45, 2.75) is 60.3 Å². The van der Waals surface area contributed by atoms with Crippen molar-refractivity contribution in [3.8, 4) is 0 Å². The quantitative estimate of drug-likeness (QED) is 0.489. The van der Waals surface area contributed by atoms with Crippen LogP contribution in [0.5, 0.6) is 0 Å². The third-order valence-corrected chi connectivity index (χ3v) is 11.7. The number of hydrogen-bond acceptors (Lipinski definition) is 5. The molecular weight excluding hydrogens is 520 g/mol. The molecule has 11 heteroatoms. The number of sulfone groups is 2. The molecular formula is C24H28ClF2NO5S2. The summed E-state index contributed by atoms with van der Waals surface area (Å²) in [5.74, 6) is -4.07. The lowest BCUT2D eigenvalue weighted by molar-refractivity contribution is 0.0172. The van der Waals surface area contributed by atoms with Gasteiger partial charge in [0.25, 0.3) is 11.8 Å². The molecule has 1 heterocycles. The first-order valence-corrected chi connectivity index (χ1v) is 14.4. The van der Waals surface area contributed by atoms with Crippen LogP contribution in [0, 0.1) is 5.92 Å². The zero-order valence-corrected chi connectivity index (χ0v) is 22.4.